The van der Waals surface area contributed by atoms with Crippen molar-refractivity contribution in [3.05, 3.63) is 53.6 Å². The van der Waals surface area contributed by atoms with Crippen LogP contribution in [0.15, 0.2) is 47.4 Å². The summed E-state index contributed by atoms with van der Waals surface area (Å²) in [6.07, 6.45) is 0. The molecule has 1 aliphatic heterocycles. The highest BCUT2D eigenvalue weighted by Crippen LogP contribution is 2.32. The number of fused-ring (bicyclic) bond motifs is 1. The topological polar surface area (TPSA) is 76.7 Å². The van der Waals surface area contributed by atoms with Crippen molar-refractivity contribution in [2.24, 2.45) is 0 Å². The fourth-order valence-corrected chi connectivity index (χ4v) is 2.51. The lowest BCUT2D eigenvalue weighted by Crippen LogP contribution is -2.34. The second-order valence-electron chi connectivity index (χ2n) is 5.10. The van der Waals surface area contributed by atoms with Gasteiger partial charge in [0.25, 0.3) is 11.8 Å². The first-order chi connectivity index (χ1) is 11.6. The zero-order valence-electron chi connectivity index (χ0n) is 12.7. The van der Waals surface area contributed by atoms with Crippen LogP contribution in [0.3, 0.4) is 0 Å². The molecule has 0 radical (unpaired) electrons. The Kier molecular flexibility index (Phi) is 4.90. The van der Waals surface area contributed by atoms with E-state index in [1.54, 1.807) is 36.4 Å². The van der Waals surface area contributed by atoms with E-state index < -0.39 is 0 Å². The number of carbonyl (C=O) groups is 2. The van der Waals surface area contributed by atoms with E-state index >= 15 is 0 Å². The van der Waals surface area contributed by atoms with Gasteiger partial charge in [0.2, 0.25) is 6.79 Å². The molecule has 0 spiro atoms. The molecule has 0 aliphatic carbocycles. The molecule has 7 heteroatoms. The number of thiol groups is 1. The highest BCUT2D eigenvalue weighted by atomic mass is 32.1. The Labute approximate surface area is 144 Å². The SMILES string of the molecule is O=C(NCCNC(=O)c1ccccc1S)c1ccc2c(c1)OCO2. The van der Waals surface area contributed by atoms with E-state index in [0.717, 1.165) is 0 Å². The summed E-state index contributed by atoms with van der Waals surface area (Å²) in [4.78, 5) is 24.7. The molecule has 3 rings (SSSR count). The van der Waals surface area contributed by atoms with Crippen molar-refractivity contribution in [2.75, 3.05) is 19.9 Å². The second-order valence-corrected chi connectivity index (χ2v) is 5.58. The van der Waals surface area contributed by atoms with E-state index in [2.05, 4.69) is 23.3 Å². The molecule has 0 saturated carbocycles. The third-order valence-corrected chi connectivity index (χ3v) is 3.87. The molecule has 2 aromatic carbocycles. The summed E-state index contributed by atoms with van der Waals surface area (Å²) in [5.74, 6) is 0.723. The summed E-state index contributed by atoms with van der Waals surface area (Å²) >= 11 is 4.24. The quantitative estimate of drug-likeness (QED) is 0.572. The lowest BCUT2D eigenvalue weighted by Gasteiger charge is -2.08. The molecule has 0 unspecified atom stereocenters. The van der Waals surface area contributed by atoms with Gasteiger partial charge in [0.05, 0.1) is 5.56 Å². The molecule has 0 aromatic heterocycles. The van der Waals surface area contributed by atoms with E-state index in [1.165, 1.54) is 0 Å². The molecule has 6 nitrogen and oxygen atoms in total. The fourth-order valence-electron chi connectivity index (χ4n) is 2.25. The van der Waals surface area contributed by atoms with E-state index in [4.69, 9.17) is 9.47 Å². The van der Waals surface area contributed by atoms with Crippen LogP contribution in [0.2, 0.25) is 0 Å². The average molecular weight is 344 g/mol. The number of rotatable bonds is 5. The summed E-state index contributed by atoms with van der Waals surface area (Å²) in [6.45, 7) is 0.796. The molecule has 124 valence electrons. The molecular formula is C17H16N2O4S. The lowest BCUT2D eigenvalue weighted by molar-refractivity contribution is 0.0926. The van der Waals surface area contributed by atoms with Gasteiger partial charge < -0.3 is 20.1 Å². The molecule has 0 fully saturated rings. The second kappa shape index (κ2) is 7.27. The van der Waals surface area contributed by atoms with Crippen molar-refractivity contribution in [3.8, 4) is 11.5 Å². The van der Waals surface area contributed by atoms with E-state index in [9.17, 15) is 9.59 Å². The van der Waals surface area contributed by atoms with Crippen molar-refractivity contribution in [1.82, 2.24) is 10.6 Å². The highest BCUT2D eigenvalue weighted by molar-refractivity contribution is 7.80. The Morgan fingerprint density at radius 3 is 2.46 bits per heavy atom. The van der Waals surface area contributed by atoms with Crippen LogP contribution < -0.4 is 20.1 Å². The van der Waals surface area contributed by atoms with Gasteiger partial charge in [0, 0.05) is 23.5 Å². The van der Waals surface area contributed by atoms with Crippen molar-refractivity contribution in [2.45, 2.75) is 4.90 Å². The Morgan fingerprint density at radius 2 is 1.67 bits per heavy atom. The maximum absolute atomic E-state index is 12.1. The van der Waals surface area contributed by atoms with Crippen LogP contribution in [0.1, 0.15) is 20.7 Å². The molecule has 2 aromatic rings. The summed E-state index contributed by atoms with van der Waals surface area (Å²) in [5.41, 5.74) is 0.981. The van der Waals surface area contributed by atoms with Crippen molar-refractivity contribution in [1.29, 1.82) is 0 Å². The van der Waals surface area contributed by atoms with Gasteiger partial charge in [-0.15, -0.1) is 12.6 Å². The zero-order valence-corrected chi connectivity index (χ0v) is 13.6. The molecular weight excluding hydrogens is 328 g/mol. The molecule has 2 amide bonds. The van der Waals surface area contributed by atoms with Crippen LogP contribution >= 0.6 is 12.6 Å². The van der Waals surface area contributed by atoms with Gasteiger partial charge in [-0.3, -0.25) is 9.59 Å². The van der Waals surface area contributed by atoms with Crippen LogP contribution in [0, 0.1) is 0 Å². The fraction of sp³-hybridized carbons (Fsp3) is 0.176. The number of hydrogen-bond donors (Lipinski definition) is 3. The van der Waals surface area contributed by atoms with E-state index in [-0.39, 0.29) is 18.6 Å². The van der Waals surface area contributed by atoms with Crippen LogP contribution in [0.4, 0.5) is 0 Å². The number of ether oxygens (including phenoxy) is 2. The van der Waals surface area contributed by atoms with Gasteiger partial charge in [-0.1, -0.05) is 12.1 Å². The summed E-state index contributed by atoms with van der Waals surface area (Å²) in [7, 11) is 0. The van der Waals surface area contributed by atoms with Gasteiger partial charge in [-0.25, -0.2) is 0 Å². The minimum Gasteiger partial charge on any atom is -0.454 e. The first-order valence-electron chi connectivity index (χ1n) is 7.39. The Balaban J connectivity index is 1.47. The van der Waals surface area contributed by atoms with Crippen LogP contribution in [-0.2, 0) is 0 Å². The average Bonchev–Trinajstić information content (AvgIpc) is 3.06. The standard InChI is InChI=1S/C17H16N2O4S/c20-16(11-5-6-13-14(9-11)23-10-22-13)18-7-8-19-17(21)12-3-1-2-4-15(12)24/h1-6,9,24H,7-8,10H2,(H,18,20)(H,19,21). The molecule has 0 atom stereocenters. The van der Waals surface area contributed by atoms with Crippen molar-refractivity contribution >= 4 is 24.4 Å². The molecule has 0 bridgehead atoms. The van der Waals surface area contributed by atoms with Gasteiger partial charge >= 0.3 is 0 Å². The molecule has 1 aliphatic rings. The third-order valence-electron chi connectivity index (χ3n) is 3.48. The Bertz CT molecular complexity index is 779. The summed E-state index contributed by atoms with van der Waals surface area (Å²) in [5, 5.41) is 5.48. The van der Waals surface area contributed by atoms with Gasteiger partial charge in [-0.05, 0) is 30.3 Å². The maximum Gasteiger partial charge on any atom is 0.252 e. The Morgan fingerprint density at radius 1 is 0.958 bits per heavy atom. The molecule has 0 saturated heterocycles. The van der Waals surface area contributed by atoms with Crippen LogP contribution in [0.25, 0.3) is 0 Å². The van der Waals surface area contributed by atoms with Crippen LogP contribution in [0.5, 0.6) is 11.5 Å². The minimum absolute atomic E-state index is 0.166. The van der Waals surface area contributed by atoms with E-state index in [0.29, 0.717) is 40.6 Å². The number of amides is 2. The van der Waals surface area contributed by atoms with Crippen molar-refractivity contribution in [3.63, 3.8) is 0 Å². The van der Waals surface area contributed by atoms with E-state index in [1.807, 2.05) is 6.07 Å². The minimum atomic E-state index is -0.239. The number of hydrogen-bond acceptors (Lipinski definition) is 5. The molecule has 2 N–H and O–H groups in total. The van der Waals surface area contributed by atoms with Crippen LogP contribution in [-0.4, -0.2) is 31.7 Å². The smallest absolute Gasteiger partial charge is 0.252 e. The predicted octanol–water partition coefficient (Wildman–Crippen LogP) is 1.86. The first-order valence-corrected chi connectivity index (χ1v) is 7.84. The van der Waals surface area contributed by atoms with Gasteiger partial charge in [0.1, 0.15) is 0 Å². The first kappa shape index (κ1) is 16.2. The highest BCUT2D eigenvalue weighted by Gasteiger charge is 2.16. The Hall–Kier alpha value is -2.67. The zero-order chi connectivity index (χ0) is 16.9. The van der Waals surface area contributed by atoms with Crippen molar-refractivity contribution < 1.29 is 19.1 Å². The maximum atomic E-state index is 12.1. The molecule has 24 heavy (non-hydrogen) atoms. The van der Waals surface area contributed by atoms with Gasteiger partial charge in [0.15, 0.2) is 11.5 Å². The molecule has 1 heterocycles. The monoisotopic (exact) mass is 344 g/mol. The van der Waals surface area contributed by atoms with Gasteiger partial charge in [-0.2, -0.15) is 0 Å². The summed E-state index contributed by atoms with van der Waals surface area (Å²) in [6, 6.07) is 12.0. The largest absolute Gasteiger partial charge is 0.454 e. The third kappa shape index (κ3) is 3.62. The number of benzene rings is 2. The number of carbonyl (C=O) groups excluding carboxylic acids is 2. The predicted molar refractivity (Wildman–Crippen MR) is 90.9 cm³/mol. The normalized spacial score (nSPS) is 11.9. The number of nitrogens with one attached hydrogen (secondary N) is 2. The summed E-state index contributed by atoms with van der Waals surface area (Å²) < 4.78 is 10.4. The lowest BCUT2D eigenvalue weighted by atomic mass is 10.2.